The van der Waals surface area contributed by atoms with Crippen LogP contribution in [0.5, 0.6) is 0 Å². The third-order valence-corrected chi connectivity index (χ3v) is 13.1. The van der Waals surface area contributed by atoms with E-state index in [9.17, 15) is 14.4 Å². The van der Waals surface area contributed by atoms with Gasteiger partial charge in [-0.05, 0) is 86.9 Å². The van der Waals surface area contributed by atoms with Gasteiger partial charge < -0.3 is 15.0 Å². The number of fused-ring (bicyclic) bond motifs is 6. The van der Waals surface area contributed by atoms with E-state index in [1.165, 1.54) is 16.5 Å². The molecule has 0 spiro atoms. The summed E-state index contributed by atoms with van der Waals surface area (Å²) in [5.41, 5.74) is 0. The van der Waals surface area contributed by atoms with Crippen molar-refractivity contribution in [1.29, 1.82) is 0 Å². The van der Waals surface area contributed by atoms with E-state index in [2.05, 4.69) is 41.4 Å². The van der Waals surface area contributed by atoms with Crippen LogP contribution in [-0.2, 0) is 14.3 Å². The molecule has 5 fully saturated rings. The maximum atomic E-state index is 13.6. The molecule has 3 saturated carbocycles. The Kier molecular flexibility index (Phi) is 9.29. The molecule has 1 aromatic heterocycles. The molecule has 7 unspecified atom stereocenters. The lowest BCUT2D eigenvalue weighted by Crippen LogP contribution is -2.63. The second-order valence-corrected chi connectivity index (χ2v) is 16.0. The first-order chi connectivity index (χ1) is 22.4. The molecular formula is C36H52N5O4S+. The maximum Gasteiger partial charge on any atom is 0.411 e. The molecule has 250 valence electrons. The average Bonchev–Trinajstić information content (AvgIpc) is 3.85. The molecule has 7 atom stereocenters. The number of carbonyl (C=O) groups excluding carboxylic acids is 3. The van der Waals surface area contributed by atoms with Crippen molar-refractivity contribution >= 4 is 45.3 Å². The van der Waals surface area contributed by atoms with Crippen molar-refractivity contribution < 1.29 is 23.6 Å². The Morgan fingerprint density at radius 2 is 1.74 bits per heavy atom. The lowest BCUT2D eigenvalue weighted by molar-refractivity contribution is -0.947. The van der Waals surface area contributed by atoms with E-state index >= 15 is 0 Å². The number of hydrogen-bond donors (Lipinski definition) is 1. The third-order valence-electron chi connectivity index (χ3n) is 12.3. The zero-order chi connectivity index (χ0) is 31.8. The molecule has 7 rings (SSSR count). The fourth-order valence-electron chi connectivity index (χ4n) is 9.73. The number of amides is 3. The molecule has 2 aromatic rings. The van der Waals surface area contributed by atoms with Gasteiger partial charge in [0.1, 0.15) is 0 Å². The summed E-state index contributed by atoms with van der Waals surface area (Å²) < 4.78 is 12.8. The number of nitrogens with zero attached hydrogens (tertiary/aromatic N) is 4. The molecule has 10 heteroatoms. The lowest BCUT2D eigenvalue weighted by atomic mass is 9.78. The van der Waals surface area contributed by atoms with Crippen LogP contribution in [0.2, 0.25) is 0 Å². The number of benzene rings is 1. The summed E-state index contributed by atoms with van der Waals surface area (Å²) >= 11 is 1.55. The van der Waals surface area contributed by atoms with E-state index in [-0.39, 0.29) is 35.8 Å². The molecule has 1 N–H and O–H groups in total. The van der Waals surface area contributed by atoms with E-state index in [1.54, 1.807) is 16.4 Å². The van der Waals surface area contributed by atoms with Crippen LogP contribution >= 0.6 is 11.5 Å². The van der Waals surface area contributed by atoms with Gasteiger partial charge in [-0.3, -0.25) is 19.0 Å². The Morgan fingerprint density at radius 1 is 1.04 bits per heavy atom. The highest BCUT2D eigenvalue weighted by molar-refractivity contribution is 7.13. The summed E-state index contributed by atoms with van der Waals surface area (Å²) in [5.74, 6) is 2.74. The predicted octanol–water partition coefficient (Wildman–Crippen LogP) is 6.03. The van der Waals surface area contributed by atoms with Gasteiger partial charge in [-0.25, -0.2) is 4.79 Å². The normalized spacial score (nSPS) is 31.0. The Bertz CT molecular complexity index is 1390. The Balaban J connectivity index is 1.05. The third kappa shape index (κ3) is 6.16. The van der Waals surface area contributed by atoms with Crippen LogP contribution in [0.4, 0.5) is 10.6 Å². The standard InChI is InChI=1S/C36H51N5O4S/c1-3-4-9-24(2)37-36(44)45-23-41(18-16-39(17-19-41)33-29-12-7-8-13-30(29)46-38-33)22-28-11-6-5-10-27(28)21-40-34(42)31-25-14-15-26(20-25)32(31)35(40)43/h7-8,12-13,24-28,31-32H,3-6,9-11,14-23H2,1-2H3/p+1. The summed E-state index contributed by atoms with van der Waals surface area (Å²) in [4.78, 5) is 44.3. The van der Waals surface area contributed by atoms with Gasteiger partial charge in [-0.2, -0.15) is 4.37 Å². The minimum absolute atomic E-state index is 0.0480. The Labute approximate surface area is 277 Å². The van der Waals surface area contributed by atoms with Crippen LogP contribution in [0.25, 0.3) is 10.1 Å². The van der Waals surface area contributed by atoms with Gasteiger partial charge in [0.05, 0.1) is 49.3 Å². The lowest BCUT2D eigenvalue weighted by Gasteiger charge is -2.47. The smallest absolute Gasteiger partial charge is 0.399 e. The molecular weight excluding hydrogens is 598 g/mol. The maximum absolute atomic E-state index is 13.6. The first kappa shape index (κ1) is 31.9. The number of piperazine rings is 1. The summed E-state index contributed by atoms with van der Waals surface area (Å²) in [7, 11) is 0. The van der Waals surface area contributed by atoms with Crippen LogP contribution in [0.15, 0.2) is 24.3 Å². The molecule has 9 nitrogen and oxygen atoms in total. The monoisotopic (exact) mass is 650 g/mol. The number of imide groups is 1. The SMILES string of the molecule is CCCCC(C)NC(=O)OC[N+]1(CC2CCCCC2CN2C(=O)C3C4CCC(C4)C3C2=O)CCN(c2nsc3ccccc23)CC1. The number of anilines is 1. The van der Waals surface area contributed by atoms with E-state index in [1.807, 2.05) is 6.92 Å². The number of hydrogen-bond acceptors (Lipinski definition) is 7. The largest absolute Gasteiger partial charge is 0.411 e. The van der Waals surface area contributed by atoms with Gasteiger partial charge in [-0.1, -0.05) is 44.7 Å². The summed E-state index contributed by atoms with van der Waals surface area (Å²) in [5, 5.41) is 4.26. The van der Waals surface area contributed by atoms with Crippen molar-refractivity contribution in [1.82, 2.24) is 14.6 Å². The van der Waals surface area contributed by atoms with Gasteiger partial charge in [0.15, 0.2) is 5.82 Å². The molecule has 5 aliphatic rings. The zero-order valence-corrected chi connectivity index (χ0v) is 28.5. The Hall–Kier alpha value is -2.72. The summed E-state index contributed by atoms with van der Waals surface area (Å²) in [6, 6.07) is 8.52. The van der Waals surface area contributed by atoms with Crippen molar-refractivity contribution in [2.45, 2.75) is 84.1 Å². The molecule has 3 amide bonds. The number of rotatable bonds is 11. The predicted molar refractivity (Wildman–Crippen MR) is 180 cm³/mol. The van der Waals surface area contributed by atoms with Crippen LogP contribution < -0.4 is 10.2 Å². The van der Waals surface area contributed by atoms with E-state index in [0.717, 1.165) is 96.3 Å². The molecule has 3 heterocycles. The highest BCUT2D eigenvalue weighted by Crippen LogP contribution is 2.56. The van der Waals surface area contributed by atoms with Crippen molar-refractivity contribution in [3.8, 4) is 0 Å². The fourth-order valence-corrected chi connectivity index (χ4v) is 10.5. The molecule has 0 radical (unpaired) electrons. The molecule has 3 aliphatic carbocycles. The van der Waals surface area contributed by atoms with Crippen LogP contribution in [0.3, 0.4) is 0 Å². The number of unbranched alkanes of at least 4 members (excludes halogenated alkanes) is 1. The van der Waals surface area contributed by atoms with Gasteiger partial charge in [-0.15, -0.1) is 0 Å². The highest BCUT2D eigenvalue weighted by atomic mass is 32.1. The fraction of sp³-hybridized carbons (Fsp3) is 0.722. The average molecular weight is 651 g/mol. The number of ether oxygens (including phenoxy) is 1. The van der Waals surface area contributed by atoms with Crippen LogP contribution in [0, 0.1) is 35.5 Å². The molecule has 1 aromatic carbocycles. The van der Waals surface area contributed by atoms with Crippen LogP contribution in [-0.4, -0.2) is 83.7 Å². The Morgan fingerprint density at radius 3 is 2.46 bits per heavy atom. The van der Waals surface area contributed by atoms with Gasteiger partial charge in [0.25, 0.3) is 0 Å². The zero-order valence-electron chi connectivity index (χ0n) is 27.7. The summed E-state index contributed by atoms with van der Waals surface area (Å²) in [6.45, 7) is 9.45. The van der Waals surface area contributed by atoms with Gasteiger partial charge >= 0.3 is 6.09 Å². The topological polar surface area (TPSA) is 91.8 Å². The van der Waals surface area contributed by atoms with E-state index in [0.29, 0.717) is 41.4 Å². The molecule has 46 heavy (non-hydrogen) atoms. The number of nitrogens with one attached hydrogen (secondary N) is 1. The minimum atomic E-state index is -0.330. The number of alkyl carbamates (subject to hydrolysis) is 1. The van der Waals surface area contributed by atoms with Crippen molar-refractivity contribution in [3.63, 3.8) is 0 Å². The van der Waals surface area contributed by atoms with E-state index in [4.69, 9.17) is 9.11 Å². The first-order valence-corrected chi connectivity index (χ1v) is 18.9. The second-order valence-electron chi connectivity index (χ2n) is 15.2. The number of quaternary nitrogens is 1. The van der Waals surface area contributed by atoms with Crippen molar-refractivity contribution in [3.05, 3.63) is 24.3 Å². The number of aromatic nitrogens is 1. The quantitative estimate of drug-likeness (QED) is 0.236. The molecule has 2 bridgehead atoms. The minimum Gasteiger partial charge on any atom is -0.399 e. The molecule has 2 aliphatic heterocycles. The van der Waals surface area contributed by atoms with Crippen LogP contribution in [0.1, 0.15) is 78.1 Å². The van der Waals surface area contributed by atoms with Gasteiger partial charge in [0, 0.05) is 23.9 Å². The number of carbonyl (C=O) groups is 3. The molecule has 2 saturated heterocycles. The van der Waals surface area contributed by atoms with Gasteiger partial charge in [0.2, 0.25) is 18.5 Å². The first-order valence-electron chi connectivity index (χ1n) is 18.1. The van der Waals surface area contributed by atoms with Crippen molar-refractivity contribution in [2.75, 3.05) is 50.9 Å². The highest BCUT2D eigenvalue weighted by Gasteiger charge is 2.61. The van der Waals surface area contributed by atoms with E-state index < -0.39 is 0 Å². The number of likely N-dealkylation sites (tertiary alicyclic amines) is 1. The van der Waals surface area contributed by atoms with Crippen molar-refractivity contribution in [2.24, 2.45) is 35.5 Å². The second kappa shape index (κ2) is 13.4. The summed E-state index contributed by atoms with van der Waals surface area (Å²) in [6.07, 6.45) is 10.6.